The van der Waals surface area contributed by atoms with Gasteiger partial charge in [0.25, 0.3) is 0 Å². The summed E-state index contributed by atoms with van der Waals surface area (Å²) >= 11 is 7.63. The fourth-order valence-corrected chi connectivity index (χ4v) is 3.86. The van der Waals surface area contributed by atoms with Crippen molar-refractivity contribution in [2.24, 2.45) is 4.99 Å². The van der Waals surface area contributed by atoms with E-state index in [1.54, 1.807) is 0 Å². The van der Waals surface area contributed by atoms with Gasteiger partial charge in [-0.1, -0.05) is 17.7 Å². The van der Waals surface area contributed by atoms with E-state index in [1.165, 1.54) is 5.00 Å². The van der Waals surface area contributed by atoms with Crippen molar-refractivity contribution >= 4 is 57.9 Å². The smallest absolute Gasteiger partial charge is 0.191 e. The topological polar surface area (TPSA) is 52.6 Å². The second-order valence-electron chi connectivity index (χ2n) is 6.10. The molecule has 3 rings (SSSR count). The number of rotatable bonds is 5. The molecule has 3 heterocycles. The van der Waals surface area contributed by atoms with E-state index in [9.17, 15) is 0 Å². The molecule has 0 aliphatic carbocycles. The third-order valence-corrected chi connectivity index (χ3v) is 5.52. The van der Waals surface area contributed by atoms with E-state index >= 15 is 0 Å². The maximum atomic E-state index is 5.81. The maximum Gasteiger partial charge on any atom is 0.191 e. The van der Waals surface area contributed by atoms with E-state index in [0.29, 0.717) is 11.2 Å². The minimum Gasteiger partial charge on any atom is -0.363 e. The summed E-state index contributed by atoms with van der Waals surface area (Å²) in [6.07, 6.45) is 4.96. The number of guanidine groups is 1. The second-order valence-corrected chi connectivity index (χ2v) is 7.41. The Balaban J connectivity index is 0.00000243. The molecule has 1 aliphatic heterocycles. The van der Waals surface area contributed by atoms with Crippen LogP contribution >= 0.6 is 46.9 Å². The number of aliphatic imine (C=N–C) groups is 1. The first-order chi connectivity index (χ1) is 12.2. The molecule has 1 saturated heterocycles. The Morgan fingerprint density at radius 1 is 1.35 bits per heavy atom. The summed E-state index contributed by atoms with van der Waals surface area (Å²) in [4.78, 5) is 10.9. The molecule has 2 aromatic rings. The average molecular weight is 506 g/mol. The molecule has 0 spiro atoms. The molecule has 2 N–H and O–H groups in total. The van der Waals surface area contributed by atoms with Gasteiger partial charge in [0.15, 0.2) is 5.96 Å². The Hall–Kier alpha value is -1.06. The lowest BCUT2D eigenvalue weighted by Crippen LogP contribution is -2.49. The predicted octanol–water partition coefficient (Wildman–Crippen LogP) is 3.79. The van der Waals surface area contributed by atoms with E-state index in [4.69, 9.17) is 11.6 Å². The summed E-state index contributed by atoms with van der Waals surface area (Å²) in [7, 11) is 1.82. The van der Waals surface area contributed by atoms with Crippen molar-refractivity contribution in [3.05, 3.63) is 46.6 Å². The fourth-order valence-electron chi connectivity index (χ4n) is 2.96. The number of nitrogens with one attached hydrogen (secondary N) is 2. The lowest BCUT2D eigenvalue weighted by atomic mass is 10.1. The summed E-state index contributed by atoms with van der Waals surface area (Å²) < 4.78 is 0. The second kappa shape index (κ2) is 10.9. The molecule has 0 aromatic carbocycles. The van der Waals surface area contributed by atoms with E-state index in [1.807, 2.05) is 36.7 Å². The van der Waals surface area contributed by atoms with Crippen LogP contribution in [0.5, 0.6) is 0 Å². The lowest BCUT2D eigenvalue weighted by molar-refractivity contribution is 0.463. The minimum absolute atomic E-state index is 0. The molecule has 2 aromatic heterocycles. The molecular weight excluding hydrogens is 481 g/mol. The highest BCUT2D eigenvalue weighted by atomic mass is 127. The van der Waals surface area contributed by atoms with Gasteiger partial charge < -0.3 is 15.5 Å². The van der Waals surface area contributed by atoms with Gasteiger partial charge in [0.2, 0.25) is 0 Å². The van der Waals surface area contributed by atoms with Gasteiger partial charge in [0, 0.05) is 38.9 Å². The molecular formula is C18H25ClIN5S. The third-order valence-electron chi connectivity index (χ3n) is 4.37. The molecule has 0 unspecified atom stereocenters. The normalized spacial score (nSPS) is 15.5. The highest BCUT2D eigenvalue weighted by Gasteiger charge is 2.20. The molecule has 8 heteroatoms. The number of anilines is 1. The first-order valence-corrected chi connectivity index (χ1v) is 9.86. The highest BCUT2D eigenvalue weighted by molar-refractivity contribution is 14.0. The van der Waals surface area contributed by atoms with Gasteiger partial charge in [-0.3, -0.25) is 4.99 Å². The Morgan fingerprint density at radius 3 is 2.77 bits per heavy atom. The number of pyridine rings is 1. The summed E-state index contributed by atoms with van der Waals surface area (Å²) in [5, 5.41) is 11.0. The van der Waals surface area contributed by atoms with Crippen molar-refractivity contribution < 1.29 is 0 Å². The Kier molecular flexibility index (Phi) is 8.94. The van der Waals surface area contributed by atoms with Crippen molar-refractivity contribution in [2.45, 2.75) is 25.3 Å². The molecule has 26 heavy (non-hydrogen) atoms. The molecule has 0 atom stereocenters. The number of thiophene rings is 1. The average Bonchev–Trinajstić information content (AvgIpc) is 3.18. The number of hydrogen-bond acceptors (Lipinski definition) is 4. The number of piperidine rings is 1. The van der Waals surface area contributed by atoms with E-state index in [-0.39, 0.29) is 24.0 Å². The quantitative estimate of drug-likeness (QED) is 0.281. The number of aromatic nitrogens is 1. The van der Waals surface area contributed by atoms with Crippen molar-refractivity contribution in [1.82, 2.24) is 15.6 Å². The van der Waals surface area contributed by atoms with Crippen molar-refractivity contribution in [3.63, 3.8) is 0 Å². The van der Waals surface area contributed by atoms with Crippen LogP contribution in [0.1, 0.15) is 18.4 Å². The first-order valence-electron chi connectivity index (χ1n) is 8.60. The zero-order valence-corrected chi connectivity index (χ0v) is 18.7. The SMILES string of the molecule is CN=C(NCCc1ccc(Cl)nc1)NC1CCN(c2cccs2)CC1.I. The zero-order chi connectivity index (χ0) is 17.5. The van der Waals surface area contributed by atoms with Gasteiger partial charge in [-0.15, -0.1) is 35.3 Å². The lowest BCUT2D eigenvalue weighted by Gasteiger charge is -2.33. The van der Waals surface area contributed by atoms with Crippen LogP contribution in [0.4, 0.5) is 5.00 Å². The van der Waals surface area contributed by atoms with Crippen LogP contribution < -0.4 is 15.5 Å². The Bertz CT molecular complexity index is 669. The van der Waals surface area contributed by atoms with E-state index in [0.717, 1.165) is 50.4 Å². The summed E-state index contributed by atoms with van der Waals surface area (Å²) in [5.74, 6) is 0.872. The Labute approximate surface area is 181 Å². The van der Waals surface area contributed by atoms with E-state index < -0.39 is 0 Å². The molecule has 142 valence electrons. The van der Waals surface area contributed by atoms with Gasteiger partial charge >= 0.3 is 0 Å². The maximum absolute atomic E-state index is 5.81. The predicted molar refractivity (Wildman–Crippen MR) is 122 cm³/mol. The van der Waals surface area contributed by atoms with Crippen molar-refractivity contribution in [2.75, 3.05) is 31.6 Å². The first kappa shape index (κ1) is 21.2. The van der Waals surface area contributed by atoms with Crippen LogP contribution in [0, 0.1) is 0 Å². The van der Waals surface area contributed by atoms with Gasteiger partial charge in [-0.25, -0.2) is 4.98 Å². The standard InChI is InChI=1S/C18H24ClN5S.HI/c1-20-18(21-9-6-14-4-5-16(19)22-13-14)23-15-7-10-24(11-8-15)17-3-2-12-25-17;/h2-5,12-13,15H,6-11H2,1H3,(H2,20,21,23);1H. The minimum atomic E-state index is 0. The molecule has 5 nitrogen and oxygen atoms in total. The molecule has 0 radical (unpaired) electrons. The van der Waals surface area contributed by atoms with Crippen LogP contribution in [0.2, 0.25) is 5.15 Å². The highest BCUT2D eigenvalue weighted by Crippen LogP contribution is 2.24. The number of nitrogens with zero attached hydrogens (tertiary/aromatic N) is 3. The largest absolute Gasteiger partial charge is 0.363 e. The van der Waals surface area contributed by atoms with Gasteiger partial charge in [0.05, 0.1) is 5.00 Å². The fraction of sp³-hybridized carbons (Fsp3) is 0.444. The Morgan fingerprint density at radius 2 is 2.15 bits per heavy atom. The zero-order valence-electron chi connectivity index (χ0n) is 14.8. The summed E-state index contributed by atoms with van der Waals surface area (Å²) in [6.45, 7) is 2.99. The number of hydrogen-bond donors (Lipinski definition) is 2. The monoisotopic (exact) mass is 505 g/mol. The van der Waals surface area contributed by atoms with Crippen LogP contribution in [0.25, 0.3) is 0 Å². The van der Waals surface area contributed by atoms with E-state index in [2.05, 4.69) is 43.0 Å². The van der Waals surface area contributed by atoms with Gasteiger partial charge in [0.1, 0.15) is 5.15 Å². The van der Waals surface area contributed by atoms with Crippen LogP contribution in [0.15, 0.2) is 40.8 Å². The van der Waals surface area contributed by atoms with Crippen LogP contribution in [0.3, 0.4) is 0 Å². The van der Waals surface area contributed by atoms with Crippen LogP contribution in [-0.4, -0.2) is 43.7 Å². The molecule has 0 bridgehead atoms. The summed E-state index contributed by atoms with van der Waals surface area (Å²) in [6, 6.07) is 8.62. The van der Waals surface area contributed by atoms with Gasteiger partial charge in [-0.2, -0.15) is 0 Å². The van der Waals surface area contributed by atoms with Crippen molar-refractivity contribution in [3.8, 4) is 0 Å². The van der Waals surface area contributed by atoms with Crippen LogP contribution in [-0.2, 0) is 6.42 Å². The molecule has 1 aliphatic rings. The molecule has 1 fully saturated rings. The van der Waals surface area contributed by atoms with Crippen molar-refractivity contribution in [1.29, 1.82) is 0 Å². The number of halogens is 2. The third kappa shape index (κ3) is 6.28. The van der Waals surface area contributed by atoms with Gasteiger partial charge in [-0.05, 0) is 48.4 Å². The summed E-state index contributed by atoms with van der Waals surface area (Å²) in [5.41, 5.74) is 1.16. The molecule has 0 saturated carbocycles. The molecule has 0 amide bonds.